The molecule has 1 aromatic heterocycles. The molecule has 0 radical (unpaired) electrons. The molecular weight excluding hydrogens is 215 g/mol. The van der Waals surface area contributed by atoms with Gasteiger partial charge < -0.3 is 4.74 Å². The number of ether oxygens (including phenoxy) is 1. The van der Waals surface area contributed by atoms with Crippen LogP contribution in [0.2, 0.25) is 0 Å². The van der Waals surface area contributed by atoms with Gasteiger partial charge in [0.05, 0.1) is 11.8 Å². The molecule has 0 atom stereocenters. The number of aromatic amines is 1. The second-order valence-corrected chi connectivity index (χ2v) is 2.97. The van der Waals surface area contributed by atoms with Crippen LogP contribution in [0.3, 0.4) is 0 Å². The topological polar surface area (TPSA) is 64.1 Å². The summed E-state index contributed by atoms with van der Waals surface area (Å²) in [7, 11) is 0. The molecule has 0 amide bonds. The Hall–Kier alpha value is -2.37. The van der Waals surface area contributed by atoms with E-state index in [1.165, 1.54) is 0 Å². The summed E-state index contributed by atoms with van der Waals surface area (Å²) >= 11 is 0. The van der Waals surface area contributed by atoms with Gasteiger partial charge in [0.2, 0.25) is 5.88 Å². The largest absolute Gasteiger partial charge is 0.502 e. The first-order valence-corrected chi connectivity index (χ1v) is 4.41. The van der Waals surface area contributed by atoms with Crippen molar-refractivity contribution in [3.05, 3.63) is 46.8 Å². The lowest BCUT2D eigenvalue weighted by Gasteiger charge is -2.00. The summed E-state index contributed by atoms with van der Waals surface area (Å²) in [5, 5.41) is 2.45. The number of hydrogen-bond donors (Lipinski definition) is 1. The number of aromatic nitrogens is 2. The highest BCUT2D eigenvalue weighted by molar-refractivity contribution is 5.61. The molecule has 6 heteroatoms. The number of nitrogens with zero attached hydrogens (tertiary/aromatic N) is 1. The van der Waals surface area contributed by atoms with Crippen molar-refractivity contribution in [3.8, 4) is 11.6 Å². The van der Waals surface area contributed by atoms with Gasteiger partial charge in [-0.3, -0.25) is 9.89 Å². The van der Waals surface area contributed by atoms with Crippen molar-refractivity contribution in [1.29, 1.82) is 0 Å². The van der Waals surface area contributed by atoms with Gasteiger partial charge in [0.15, 0.2) is 0 Å². The van der Waals surface area contributed by atoms with Crippen LogP contribution >= 0.6 is 0 Å². The summed E-state index contributed by atoms with van der Waals surface area (Å²) in [6.45, 7) is 0. The summed E-state index contributed by atoms with van der Waals surface area (Å²) in [4.78, 5) is 21.5. The van der Waals surface area contributed by atoms with Crippen LogP contribution in [0.5, 0.6) is 5.88 Å². The Balaban J connectivity index is 2.40. The second kappa shape index (κ2) is 4.01. The Labute approximate surface area is 89.1 Å². The highest BCUT2D eigenvalue weighted by Crippen LogP contribution is 2.08. The van der Waals surface area contributed by atoms with Crippen LogP contribution in [0.15, 0.2) is 41.2 Å². The summed E-state index contributed by atoms with van der Waals surface area (Å²) in [6.07, 6.45) is -1.97. The fourth-order valence-electron chi connectivity index (χ4n) is 1.28. The van der Waals surface area contributed by atoms with E-state index in [4.69, 9.17) is 0 Å². The number of carbonyl (C=O) groups is 1. The van der Waals surface area contributed by atoms with E-state index in [1.807, 2.05) is 0 Å². The molecule has 0 fully saturated rings. The van der Waals surface area contributed by atoms with Gasteiger partial charge in [0, 0.05) is 0 Å². The average molecular weight is 222 g/mol. The summed E-state index contributed by atoms with van der Waals surface area (Å²) in [5.41, 5.74) is 0.121. The van der Waals surface area contributed by atoms with Crippen molar-refractivity contribution in [3.63, 3.8) is 0 Å². The highest BCUT2D eigenvalue weighted by Gasteiger charge is 2.08. The van der Waals surface area contributed by atoms with Gasteiger partial charge in [-0.2, -0.15) is 0 Å². The molecule has 1 heterocycles. The maximum absolute atomic E-state index is 11.9. The minimum atomic E-state index is -1.97. The molecular formula is C10H7FN2O3. The SMILES string of the molecule is O=C(F)Oc1cc(=O)n(-c2ccccc2)[nH]1. The van der Waals surface area contributed by atoms with Crippen LogP contribution in [-0.2, 0) is 0 Å². The molecule has 0 saturated carbocycles. The van der Waals surface area contributed by atoms with Gasteiger partial charge >= 0.3 is 6.22 Å². The predicted octanol–water partition coefficient (Wildman–Crippen LogP) is 1.63. The van der Waals surface area contributed by atoms with Gasteiger partial charge in [-0.05, 0) is 12.1 Å². The zero-order valence-corrected chi connectivity index (χ0v) is 8.01. The third-order valence-corrected chi connectivity index (χ3v) is 1.90. The fourth-order valence-corrected chi connectivity index (χ4v) is 1.28. The van der Waals surface area contributed by atoms with E-state index in [1.54, 1.807) is 30.3 Å². The third kappa shape index (κ3) is 2.00. The zero-order chi connectivity index (χ0) is 11.5. The van der Waals surface area contributed by atoms with E-state index in [0.29, 0.717) is 5.69 Å². The average Bonchev–Trinajstić information content (AvgIpc) is 2.60. The molecule has 0 unspecified atom stereocenters. The normalized spacial score (nSPS) is 10.1. The molecule has 0 spiro atoms. The van der Waals surface area contributed by atoms with Crippen LogP contribution in [0.1, 0.15) is 0 Å². The number of rotatable bonds is 2. The Morgan fingerprint density at radius 1 is 1.31 bits per heavy atom. The maximum atomic E-state index is 11.9. The van der Waals surface area contributed by atoms with E-state index in [9.17, 15) is 14.0 Å². The monoisotopic (exact) mass is 222 g/mol. The van der Waals surface area contributed by atoms with E-state index in [-0.39, 0.29) is 5.88 Å². The number of hydrogen-bond acceptors (Lipinski definition) is 3. The van der Waals surface area contributed by atoms with Gasteiger partial charge in [-0.15, -0.1) is 4.39 Å². The van der Waals surface area contributed by atoms with Crippen molar-refractivity contribution >= 4 is 6.22 Å². The van der Waals surface area contributed by atoms with Gasteiger partial charge in [0.25, 0.3) is 5.56 Å². The van der Waals surface area contributed by atoms with Crippen molar-refractivity contribution < 1.29 is 13.9 Å². The Kier molecular flexibility index (Phi) is 2.55. The quantitative estimate of drug-likeness (QED) is 0.785. The number of carbonyl (C=O) groups excluding carboxylic acids is 1. The molecule has 0 bridgehead atoms. The first kappa shape index (κ1) is 10.2. The predicted molar refractivity (Wildman–Crippen MR) is 53.5 cm³/mol. The molecule has 1 aromatic carbocycles. The summed E-state index contributed by atoms with van der Waals surface area (Å²) < 4.78 is 17.2. The summed E-state index contributed by atoms with van der Waals surface area (Å²) in [5.74, 6) is -0.235. The lowest BCUT2D eigenvalue weighted by atomic mass is 10.3. The fraction of sp³-hybridized carbons (Fsp3) is 0. The van der Waals surface area contributed by atoms with E-state index < -0.39 is 11.8 Å². The molecule has 0 saturated heterocycles. The van der Waals surface area contributed by atoms with Crippen LogP contribution in [0, 0.1) is 0 Å². The Bertz CT molecular complexity index is 559. The van der Waals surface area contributed by atoms with Crippen LogP contribution in [0.25, 0.3) is 5.69 Å². The summed E-state index contributed by atoms with van der Waals surface area (Å²) in [6, 6.07) is 9.62. The van der Waals surface area contributed by atoms with Crippen molar-refractivity contribution in [2.75, 3.05) is 0 Å². The molecule has 16 heavy (non-hydrogen) atoms. The van der Waals surface area contributed by atoms with Crippen molar-refractivity contribution in [2.45, 2.75) is 0 Å². The van der Waals surface area contributed by atoms with Crippen LogP contribution in [0.4, 0.5) is 9.18 Å². The second-order valence-electron chi connectivity index (χ2n) is 2.97. The molecule has 82 valence electrons. The number of halogens is 1. The van der Waals surface area contributed by atoms with E-state index in [0.717, 1.165) is 10.7 Å². The number of nitrogens with one attached hydrogen (secondary N) is 1. The zero-order valence-electron chi connectivity index (χ0n) is 8.01. The minimum absolute atomic E-state index is 0.235. The number of H-pyrrole nitrogens is 1. The van der Waals surface area contributed by atoms with Crippen molar-refractivity contribution in [1.82, 2.24) is 9.78 Å². The molecule has 1 N–H and O–H groups in total. The number of benzene rings is 1. The lowest BCUT2D eigenvalue weighted by Crippen LogP contribution is -2.12. The van der Waals surface area contributed by atoms with Gasteiger partial charge in [-0.25, -0.2) is 9.48 Å². The molecule has 2 rings (SSSR count). The Morgan fingerprint density at radius 3 is 2.62 bits per heavy atom. The minimum Gasteiger partial charge on any atom is -0.382 e. The highest BCUT2D eigenvalue weighted by atomic mass is 19.1. The number of para-hydroxylation sites is 1. The molecule has 5 nitrogen and oxygen atoms in total. The third-order valence-electron chi connectivity index (χ3n) is 1.90. The van der Waals surface area contributed by atoms with Gasteiger partial charge in [-0.1, -0.05) is 18.2 Å². The standard InChI is InChI=1S/C10H7FN2O3/c11-10(15)16-8-6-9(14)13(12-8)7-4-2-1-3-5-7/h1-6,12H. The smallest absolute Gasteiger partial charge is 0.382 e. The molecule has 2 aromatic rings. The maximum Gasteiger partial charge on any atom is 0.502 e. The van der Waals surface area contributed by atoms with Crippen LogP contribution < -0.4 is 10.3 Å². The first-order valence-electron chi connectivity index (χ1n) is 4.41. The molecule has 0 aliphatic heterocycles. The molecule has 0 aliphatic rings. The van der Waals surface area contributed by atoms with Crippen LogP contribution in [-0.4, -0.2) is 16.0 Å². The Morgan fingerprint density at radius 2 is 2.00 bits per heavy atom. The van der Waals surface area contributed by atoms with E-state index >= 15 is 0 Å². The van der Waals surface area contributed by atoms with E-state index in [2.05, 4.69) is 9.84 Å². The lowest BCUT2D eigenvalue weighted by molar-refractivity contribution is 0.173. The van der Waals surface area contributed by atoms with Crippen molar-refractivity contribution in [2.24, 2.45) is 0 Å². The van der Waals surface area contributed by atoms with Gasteiger partial charge in [0.1, 0.15) is 0 Å². The first-order chi connectivity index (χ1) is 7.66. The molecule has 0 aliphatic carbocycles.